The quantitative estimate of drug-likeness (QED) is 0.382. The maximum Gasteiger partial charge on any atom is 0.187 e. The number of carbonyl (C=O) groups is 1. The van der Waals surface area contributed by atoms with Gasteiger partial charge in [0.1, 0.15) is 6.29 Å². The van der Waals surface area contributed by atoms with E-state index < -0.39 is 0 Å². The molecule has 58 valence electrons. The van der Waals surface area contributed by atoms with Crippen molar-refractivity contribution in [2.75, 3.05) is 6.26 Å². The maximum absolute atomic E-state index is 10.1. The first-order valence-corrected chi connectivity index (χ1v) is 4.38. The van der Waals surface area contributed by atoms with Crippen LogP contribution < -0.4 is 0 Å². The molecule has 0 saturated heterocycles. The van der Waals surface area contributed by atoms with Gasteiger partial charge in [-0.05, 0) is 11.8 Å². The summed E-state index contributed by atoms with van der Waals surface area (Å²) < 4.78 is 0. The molecule has 1 heterocycles. The number of hydrogen-bond donors (Lipinski definition) is 0. The number of carbonyl (C=O) groups excluding carboxylic acids is 1. The SMILES string of the molecule is CSc1ncc(CC=O)cn1. The van der Waals surface area contributed by atoms with Crippen molar-refractivity contribution in [1.29, 1.82) is 0 Å². The zero-order valence-corrected chi connectivity index (χ0v) is 6.97. The van der Waals surface area contributed by atoms with E-state index in [0.717, 1.165) is 17.0 Å². The highest BCUT2D eigenvalue weighted by Gasteiger charge is 1.93. The molecule has 11 heavy (non-hydrogen) atoms. The lowest BCUT2D eigenvalue weighted by Gasteiger charge is -1.94. The summed E-state index contributed by atoms with van der Waals surface area (Å²) in [5.74, 6) is 0. The lowest BCUT2D eigenvalue weighted by molar-refractivity contribution is -0.107. The molecule has 0 saturated carbocycles. The second-order valence-electron chi connectivity index (χ2n) is 1.95. The molecule has 0 aliphatic rings. The fourth-order valence-corrected chi connectivity index (χ4v) is 0.966. The fraction of sp³-hybridized carbons (Fsp3) is 0.286. The van der Waals surface area contributed by atoms with Crippen LogP contribution in [-0.2, 0) is 11.2 Å². The number of rotatable bonds is 3. The topological polar surface area (TPSA) is 42.9 Å². The van der Waals surface area contributed by atoms with E-state index in [9.17, 15) is 4.79 Å². The van der Waals surface area contributed by atoms with E-state index in [-0.39, 0.29) is 0 Å². The van der Waals surface area contributed by atoms with Crippen LogP contribution in [0.15, 0.2) is 17.6 Å². The molecule has 0 fully saturated rings. The molecule has 0 aliphatic carbocycles. The molecule has 1 rings (SSSR count). The van der Waals surface area contributed by atoms with Gasteiger partial charge in [0.2, 0.25) is 0 Å². The molecule has 0 aromatic carbocycles. The number of aldehydes is 1. The number of hydrogen-bond acceptors (Lipinski definition) is 4. The molecular formula is C7H8N2OS. The lowest BCUT2D eigenvalue weighted by atomic mass is 10.3. The molecule has 1 aromatic rings. The van der Waals surface area contributed by atoms with Gasteiger partial charge in [-0.25, -0.2) is 9.97 Å². The van der Waals surface area contributed by atoms with Crippen molar-refractivity contribution < 1.29 is 4.79 Å². The highest BCUT2D eigenvalue weighted by molar-refractivity contribution is 7.98. The van der Waals surface area contributed by atoms with Crippen LogP contribution in [0.4, 0.5) is 0 Å². The van der Waals surface area contributed by atoms with Gasteiger partial charge in [0.05, 0.1) is 0 Å². The average molecular weight is 168 g/mol. The summed E-state index contributed by atoms with van der Waals surface area (Å²) >= 11 is 1.49. The van der Waals surface area contributed by atoms with Crippen molar-refractivity contribution in [2.45, 2.75) is 11.6 Å². The first kappa shape index (κ1) is 8.20. The Hall–Kier alpha value is -0.900. The van der Waals surface area contributed by atoms with Gasteiger partial charge in [0.15, 0.2) is 5.16 Å². The third kappa shape index (κ3) is 2.31. The van der Waals surface area contributed by atoms with Crippen molar-refractivity contribution in [3.63, 3.8) is 0 Å². The van der Waals surface area contributed by atoms with Crippen LogP contribution in [-0.4, -0.2) is 22.5 Å². The zero-order valence-electron chi connectivity index (χ0n) is 6.15. The van der Waals surface area contributed by atoms with Crippen LogP contribution in [0.5, 0.6) is 0 Å². The summed E-state index contributed by atoms with van der Waals surface area (Å²) in [6.45, 7) is 0. The summed E-state index contributed by atoms with van der Waals surface area (Å²) in [6, 6.07) is 0. The van der Waals surface area contributed by atoms with Gasteiger partial charge in [-0.15, -0.1) is 0 Å². The van der Waals surface area contributed by atoms with Gasteiger partial charge in [-0.2, -0.15) is 0 Å². The van der Waals surface area contributed by atoms with Crippen molar-refractivity contribution in [2.24, 2.45) is 0 Å². The maximum atomic E-state index is 10.1. The Bertz CT molecular complexity index is 235. The van der Waals surface area contributed by atoms with E-state index in [0.29, 0.717) is 6.42 Å². The summed E-state index contributed by atoms with van der Waals surface area (Å²) in [7, 11) is 0. The normalized spacial score (nSPS) is 9.55. The molecule has 0 radical (unpaired) electrons. The van der Waals surface area contributed by atoms with Crippen molar-refractivity contribution in [3.05, 3.63) is 18.0 Å². The number of thioether (sulfide) groups is 1. The summed E-state index contributed by atoms with van der Waals surface area (Å²) in [5.41, 5.74) is 0.859. The van der Waals surface area contributed by atoms with E-state index in [2.05, 4.69) is 9.97 Å². The second kappa shape index (κ2) is 4.08. The highest BCUT2D eigenvalue weighted by atomic mass is 32.2. The molecule has 3 nitrogen and oxygen atoms in total. The van der Waals surface area contributed by atoms with Crippen LogP contribution in [0.1, 0.15) is 5.56 Å². The van der Waals surface area contributed by atoms with Crippen LogP contribution in [0, 0.1) is 0 Å². The molecule has 0 bridgehead atoms. The monoisotopic (exact) mass is 168 g/mol. The van der Waals surface area contributed by atoms with Gasteiger partial charge < -0.3 is 4.79 Å². The predicted molar refractivity (Wildman–Crippen MR) is 43.6 cm³/mol. The molecule has 0 unspecified atom stereocenters. The summed E-state index contributed by atoms with van der Waals surface area (Å²) in [6.07, 6.45) is 6.50. The van der Waals surface area contributed by atoms with Crippen LogP contribution in [0.25, 0.3) is 0 Å². The largest absolute Gasteiger partial charge is 0.303 e. The third-order valence-corrected chi connectivity index (χ3v) is 1.76. The number of nitrogens with zero attached hydrogens (tertiary/aromatic N) is 2. The van der Waals surface area contributed by atoms with Gasteiger partial charge in [0, 0.05) is 18.8 Å². The van der Waals surface area contributed by atoms with Crippen LogP contribution in [0.3, 0.4) is 0 Å². The first-order chi connectivity index (χ1) is 5.36. The van der Waals surface area contributed by atoms with Gasteiger partial charge in [-0.1, -0.05) is 11.8 Å². The molecule has 0 aliphatic heterocycles. The van der Waals surface area contributed by atoms with Crippen LogP contribution >= 0.6 is 11.8 Å². The Balaban J connectivity index is 2.74. The fourth-order valence-electron chi connectivity index (χ4n) is 0.650. The number of aromatic nitrogens is 2. The minimum absolute atomic E-state index is 0.397. The smallest absolute Gasteiger partial charge is 0.187 e. The second-order valence-corrected chi connectivity index (χ2v) is 2.72. The van der Waals surface area contributed by atoms with Gasteiger partial charge in [0.25, 0.3) is 0 Å². The minimum atomic E-state index is 0.397. The van der Waals surface area contributed by atoms with Crippen molar-refractivity contribution >= 4 is 18.0 Å². The van der Waals surface area contributed by atoms with E-state index in [1.807, 2.05) is 6.26 Å². The summed E-state index contributed by atoms with van der Waals surface area (Å²) in [5, 5.41) is 0.736. The molecule has 0 spiro atoms. The molecule has 0 N–H and O–H groups in total. The molecule has 0 amide bonds. The van der Waals surface area contributed by atoms with Crippen molar-refractivity contribution in [1.82, 2.24) is 9.97 Å². The van der Waals surface area contributed by atoms with E-state index in [1.165, 1.54) is 11.8 Å². The predicted octanol–water partition coefficient (Wildman–Crippen LogP) is 0.940. The van der Waals surface area contributed by atoms with Gasteiger partial charge in [-0.3, -0.25) is 0 Å². The molecular weight excluding hydrogens is 160 g/mol. The Kier molecular flexibility index (Phi) is 3.04. The van der Waals surface area contributed by atoms with E-state index in [1.54, 1.807) is 12.4 Å². The lowest BCUT2D eigenvalue weighted by Crippen LogP contribution is -1.91. The van der Waals surface area contributed by atoms with E-state index in [4.69, 9.17) is 0 Å². The average Bonchev–Trinajstić information content (AvgIpc) is 2.07. The van der Waals surface area contributed by atoms with Crippen LogP contribution in [0.2, 0.25) is 0 Å². The van der Waals surface area contributed by atoms with Crippen molar-refractivity contribution in [3.8, 4) is 0 Å². The molecule has 1 aromatic heterocycles. The molecule has 4 heteroatoms. The Morgan fingerprint density at radius 3 is 2.64 bits per heavy atom. The highest BCUT2D eigenvalue weighted by Crippen LogP contribution is 2.06. The Morgan fingerprint density at radius 1 is 1.55 bits per heavy atom. The minimum Gasteiger partial charge on any atom is -0.303 e. The van der Waals surface area contributed by atoms with Gasteiger partial charge >= 0.3 is 0 Å². The Morgan fingerprint density at radius 2 is 2.18 bits per heavy atom. The molecule has 0 atom stereocenters. The summed E-state index contributed by atoms with van der Waals surface area (Å²) in [4.78, 5) is 18.1. The first-order valence-electron chi connectivity index (χ1n) is 3.15. The third-order valence-electron chi connectivity index (χ3n) is 1.18. The van der Waals surface area contributed by atoms with E-state index >= 15 is 0 Å². The Labute approximate surface area is 69.3 Å². The standard InChI is InChI=1S/C7H8N2OS/c1-11-7-8-4-6(2-3-10)5-9-7/h3-5H,2H2,1H3. The zero-order chi connectivity index (χ0) is 8.10.